The smallest absolute Gasteiger partial charge is 0.323 e. The molecule has 0 aliphatic carbocycles. The minimum atomic E-state index is -0.507. The van der Waals surface area contributed by atoms with Gasteiger partial charge in [-0.25, -0.2) is 14.0 Å². The second kappa shape index (κ2) is 10.9. The van der Waals surface area contributed by atoms with Crippen LogP contribution < -0.4 is 21.3 Å². The van der Waals surface area contributed by atoms with Gasteiger partial charge in [0.25, 0.3) is 0 Å². The quantitative estimate of drug-likeness (QED) is 0.511. The molecule has 5 amide bonds. The fourth-order valence-corrected chi connectivity index (χ4v) is 3.36. The van der Waals surface area contributed by atoms with Gasteiger partial charge in [-0.1, -0.05) is 12.1 Å². The van der Waals surface area contributed by atoms with E-state index < -0.39 is 11.8 Å². The van der Waals surface area contributed by atoms with Gasteiger partial charge in [-0.05, 0) is 55.3 Å². The molecule has 0 bridgehead atoms. The van der Waals surface area contributed by atoms with Crippen molar-refractivity contribution in [3.63, 3.8) is 0 Å². The Bertz CT molecular complexity index is 972. The highest BCUT2D eigenvalue weighted by atomic mass is 19.1. The van der Waals surface area contributed by atoms with E-state index in [0.29, 0.717) is 49.5 Å². The average molecular weight is 439 g/mol. The lowest BCUT2D eigenvalue weighted by Crippen LogP contribution is -2.44. The summed E-state index contributed by atoms with van der Waals surface area (Å²) >= 11 is 0. The van der Waals surface area contributed by atoms with Crippen molar-refractivity contribution in [3.05, 3.63) is 67.0 Å². The van der Waals surface area contributed by atoms with Gasteiger partial charge in [-0.15, -0.1) is 6.58 Å². The van der Waals surface area contributed by atoms with Crippen molar-refractivity contribution in [1.82, 2.24) is 10.2 Å². The molecule has 0 spiro atoms. The van der Waals surface area contributed by atoms with Crippen molar-refractivity contribution in [3.8, 4) is 0 Å². The number of anilines is 3. The summed E-state index contributed by atoms with van der Waals surface area (Å²) in [4.78, 5) is 38.2. The van der Waals surface area contributed by atoms with E-state index in [-0.39, 0.29) is 17.9 Å². The maximum Gasteiger partial charge on any atom is 0.323 e. The molecule has 1 aliphatic heterocycles. The molecule has 0 radical (unpaired) electrons. The summed E-state index contributed by atoms with van der Waals surface area (Å²) in [6.07, 6.45) is 2.86. The first-order valence-electron chi connectivity index (χ1n) is 10.3. The predicted octanol–water partition coefficient (Wildman–Crippen LogP) is 4.02. The van der Waals surface area contributed by atoms with Crippen LogP contribution in [0.15, 0.2) is 61.2 Å². The third-order valence-corrected chi connectivity index (χ3v) is 5.05. The van der Waals surface area contributed by atoms with Crippen LogP contribution in [-0.4, -0.2) is 42.5 Å². The summed E-state index contributed by atoms with van der Waals surface area (Å²) in [6, 6.07) is 11.5. The van der Waals surface area contributed by atoms with E-state index in [2.05, 4.69) is 27.8 Å². The van der Waals surface area contributed by atoms with E-state index in [1.807, 2.05) is 0 Å². The molecule has 8 nitrogen and oxygen atoms in total. The molecule has 0 saturated carbocycles. The molecule has 9 heteroatoms. The van der Waals surface area contributed by atoms with E-state index in [1.165, 1.54) is 18.2 Å². The van der Waals surface area contributed by atoms with Gasteiger partial charge in [0.2, 0.25) is 5.91 Å². The van der Waals surface area contributed by atoms with Gasteiger partial charge in [0.1, 0.15) is 5.82 Å². The number of nitrogens with one attached hydrogen (secondary N) is 4. The van der Waals surface area contributed by atoms with Crippen LogP contribution in [0.4, 0.5) is 31.0 Å². The highest BCUT2D eigenvalue weighted by Gasteiger charge is 2.27. The Hall–Kier alpha value is -3.88. The van der Waals surface area contributed by atoms with Crippen molar-refractivity contribution < 1.29 is 18.8 Å². The number of nitrogens with zero attached hydrogens (tertiary/aromatic N) is 1. The molecular weight excluding hydrogens is 413 g/mol. The van der Waals surface area contributed by atoms with Crippen LogP contribution in [0.2, 0.25) is 0 Å². The number of rotatable bonds is 6. The SMILES string of the molecule is C=CCNC(=O)C1CCN(C(=O)Nc2ccc(NC(=O)Nc3cccc(F)c3)cc2)CC1. The lowest BCUT2D eigenvalue weighted by Gasteiger charge is -2.31. The number of benzene rings is 2. The second-order valence-corrected chi connectivity index (χ2v) is 7.39. The molecule has 168 valence electrons. The van der Waals surface area contributed by atoms with Crippen LogP contribution in [0.5, 0.6) is 0 Å². The Balaban J connectivity index is 1.45. The number of amides is 5. The van der Waals surface area contributed by atoms with E-state index in [0.717, 1.165) is 0 Å². The zero-order valence-electron chi connectivity index (χ0n) is 17.6. The van der Waals surface area contributed by atoms with Crippen LogP contribution >= 0.6 is 0 Å². The molecule has 1 aliphatic rings. The van der Waals surface area contributed by atoms with Gasteiger partial charge >= 0.3 is 12.1 Å². The van der Waals surface area contributed by atoms with Crippen LogP contribution in [0.25, 0.3) is 0 Å². The van der Waals surface area contributed by atoms with E-state index in [9.17, 15) is 18.8 Å². The summed E-state index contributed by atoms with van der Waals surface area (Å²) < 4.78 is 13.2. The number of piperidine rings is 1. The third kappa shape index (κ3) is 6.56. The maximum atomic E-state index is 13.2. The van der Waals surface area contributed by atoms with E-state index in [1.54, 1.807) is 41.3 Å². The highest BCUT2D eigenvalue weighted by Crippen LogP contribution is 2.20. The van der Waals surface area contributed by atoms with Crippen molar-refractivity contribution in [2.75, 3.05) is 35.6 Å². The molecule has 3 rings (SSSR count). The van der Waals surface area contributed by atoms with Crippen LogP contribution in [0.1, 0.15) is 12.8 Å². The third-order valence-electron chi connectivity index (χ3n) is 5.05. The Kier molecular flexibility index (Phi) is 7.80. The summed E-state index contributed by atoms with van der Waals surface area (Å²) in [5, 5.41) is 10.8. The molecule has 2 aromatic carbocycles. The fraction of sp³-hybridized carbons (Fsp3) is 0.261. The first-order valence-corrected chi connectivity index (χ1v) is 10.3. The molecule has 0 atom stereocenters. The summed E-state index contributed by atoms with van der Waals surface area (Å²) in [7, 11) is 0. The summed E-state index contributed by atoms with van der Waals surface area (Å²) in [5.41, 5.74) is 1.44. The number of likely N-dealkylation sites (tertiary alicyclic amines) is 1. The summed E-state index contributed by atoms with van der Waals surface area (Å²) in [6.45, 7) is 5.02. The van der Waals surface area contributed by atoms with Crippen molar-refractivity contribution in [2.45, 2.75) is 12.8 Å². The average Bonchev–Trinajstić information content (AvgIpc) is 2.78. The van der Waals surface area contributed by atoms with E-state index >= 15 is 0 Å². The van der Waals surface area contributed by atoms with E-state index in [4.69, 9.17) is 0 Å². The first-order chi connectivity index (χ1) is 15.4. The Morgan fingerprint density at radius 1 is 0.969 bits per heavy atom. The molecule has 0 aromatic heterocycles. The largest absolute Gasteiger partial charge is 0.352 e. The summed E-state index contributed by atoms with van der Waals surface area (Å²) in [5.74, 6) is -0.541. The highest BCUT2D eigenvalue weighted by molar-refractivity contribution is 6.00. The van der Waals surface area contributed by atoms with Crippen LogP contribution in [-0.2, 0) is 4.79 Å². The molecule has 1 fully saturated rings. The van der Waals surface area contributed by atoms with Gasteiger partial charge in [-0.3, -0.25) is 4.79 Å². The van der Waals surface area contributed by atoms with Crippen molar-refractivity contribution in [2.24, 2.45) is 5.92 Å². The van der Waals surface area contributed by atoms with Crippen molar-refractivity contribution >= 4 is 35.0 Å². The Labute approximate surface area is 185 Å². The monoisotopic (exact) mass is 439 g/mol. The second-order valence-electron chi connectivity index (χ2n) is 7.39. The standard InChI is InChI=1S/C23H26FN5O3/c1-2-12-25-21(30)16-10-13-29(14-11-16)23(32)28-19-8-6-18(7-9-19)26-22(31)27-20-5-3-4-17(24)15-20/h2-9,15-16H,1,10-14H2,(H,25,30)(H,28,32)(H2,26,27,31). The van der Waals surface area contributed by atoms with Gasteiger partial charge in [0.05, 0.1) is 0 Å². The van der Waals surface area contributed by atoms with Crippen LogP contribution in [0.3, 0.4) is 0 Å². The topological polar surface area (TPSA) is 103 Å². The number of urea groups is 2. The van der Waals surface area contributed by atoms with Gasteiger partial charge in [0.15, 0.2) is 0 Å². The maximum absolute atomic E-state index is 13.2. The minimum Gasteiger partial charge on any atom is -0.352 e. The Morgan fingerprint density at radius 3 is 2.22 bits per heavy atom. The predicted molar refractivity (Wildman–Crippen MR) is 122 cm³/mol. The molecular formula is C23H26FN5O3. The Morgan fingerprint density at radius 2 is 1.59 bits per heavy atom. The number of halogens is 1. The molecule has 0 unspecified atom stereocenters. The number of hydrogen-bond acceptors (Lipinski definition) is 3. The molecule has 32 heavy (non-hydrogen) atoms. The molecule has 1 heterocycles. The zero-order chi connectivity index (χ0) is 22.9. The zero-order valence-corrected chi connectivity index (χ0v) is 17.6. The lowest BCUT2D eigenvalue weighted by molar-refractivity contribution is -0.126. The molecule has 2 aromatic rings. The van der Waals surface area contributed by atoms with Gasteiger partial charge in [0, 0.05) is 42.6 Å². The lowest BCUT2D eigenvalue weighted by atomic mass is 9.96. The van der Waals surface area contributed by atoms with Crippen molar-refractivity contribution in [1.29, 1.82) is 0 Å². The number of hydrogen-bond donors (Lipinski definition) is 4. The molecule has 4 N–H and O–H groups in total. The van der Waals surface area contributed by atoms with Gasteiger partial charge < -0.3 is 26.2 Å². The molecule has 1 saturated heterocycles. The minimum absolute atomic E-state index is 0.00511. The number of carbonyl (C=O) groups excluding carboxylic acids is 3. The number of carbonyl (C=O) groups is 3. The van der Waals surface area contributed by atoms with Crippen LogP contribution in [0, 0.1) is 11.7 Å². The first kappa shape index (κ1) is 22.8. The fourth-order valence-electron chi connectivity index (χ4n) is 3.36. The normalized spacial score (nSPS) is 13.7. The van der Waals surface area contributed by atoms with Gasteiger partial charge in [-0.2, -0.15) is 0 Å².